The summed E-state index contributed by atoms with van der Waals surface area (Å²) in [6, 6.07) is 7.81. The third-order valence-corrected chi connectivity index (χ3v) is 3.54. The van der Waals surface area contributed by atoms with Gasteiger partial charge in [0.15, 0.2) is 0 Å². The number of likely N-dealkylation sites (N-methyl/N-ethyl adjacent to an activating group) is 1. The number of ether oxygens (including phenoxy) is 1. The zero-order valence-electron chi connectivity index (χ0n) is 10.5. The van der Waals surface area contributed by atoms with Gasteiger partial charge >= 0.3 is 0 Å². The first-order valence-electron chi connectivity index (χ1n) is 5.64. The zero-order valence-corrected chi connectivity index (χ0v) is 13.7. The van der Waals surface area contributed by atoms with Gasteiger partial charge in [-0.2, -0.15) is 0 Å². The molecule has 0 radical (unpaired) electrons. The lowest BCUT2D eigenvalue weighted by Gasteiger charge is -2.20. The van der Waals surface area contributed by atoms with Crippen LogP contribution in [0.25, 0.3) is 0 Å². The van der Waals surface area contributed by atoms with E-state index >= 15 is 0 Å². The van der Waals surface area contributed by atoms with Gasteiger partial charge in [-0.25, -0.2) is 0 Å². The highest BCUT2D eigenvalue weighted by atomic mass is 79.9. The molecule has 1 amide bonds. The van der Waals surface area contributed by atoms with Crippen LogP contribution >= 0.6 is 31.9 Å². The highest BCUT2D eigenvalue weighted by Gasteiger charge is 2.13. The van der Waals surface area contributed by atoms with E-state index in [-0.39, 0.29) is 10.7 Å². The minimum atomic E-state index is 0.105. The number of carbonyl (C=O) groups excluding carboxylic acids is 1. The Hall–Kier alpha value is -0.390. The summed E-state index contributed by atoms with van der Waals surface area (Å²) in [6.45, 7) is 1.23. The highest BCUT2D eigenvalue weighted by molar-refractivity contribution is 9.10. The second-order valence-corrected chi connectivity index (χ2v) is 6.34. The van der Waals surface area contributed by atoms with Crippen molar-refractivity contribution in [3.05, 3.63) is 34.3 Å². The first kappa shape index (κ1) is 15.7. The van der Waals surface area contributed by atoms with Crippen LogP contribution in [0.5, 0.6) is 0 Å². The molecule has 0 N–H and O–H groups in total. The molecule has 0 spiro atoms. The Morgan fingerprint density at radius 2 is 2.22 bits per heavy atom. The summed E-state index contributed by atoms with van der Waals surface area (Å²) in [4.78, 5) is 13.9. The molecule has 3 nitrogen and oxygen atoms in total. The van der Waals surface area contributed by atoms with Crippen LogP contribution in [0.3, 0.4) is 0 Å². The third kappa shape index (κ3) is 5.50. The second kappa shape index (κ2) is 7.92. The Balaban J connectivity index is 2.49. The van der Waals surface area contributed by atoms with Crippen molar-refractivity contribution in [2.75, 3.05) is 27.3 Å². The van der Waals surface area contributed by atoms with E-state index in [2.05, 4.69) is 31.9 Å². The molecule has 1 unspecified atom stereocenters. The summed E-state index contributed by atoms with van der Waals surface area (Å²) < 4.78 is 6.02. The second-order valence-electron chi connectivity index (χ2n) is 4.13. The predicted octanol–water partition coefficient (Wildman–Crippen LogP) is 2.86. The number of benzene rings is 1. The molecule has 0 aromatic heterocycles. The number of alkyl halides is 1. The quantitative estimate of drug-likeness (QED) is 0.712. The molecule has 0 aliphatic heterocycles. The summed E-state index contributed by atoms with van der Waals surface area (Å²) in [5.74, 6) is 0.105. The monoisotopic (exact) mass is 377 g/mol. The van der Waals surface area contributed by atoms with Crippen molar-refractivity contribution in [3.8, 4) is 0 Å². The fraction of sp³-hybridized carbons (Fsp3) is 0.462. The molecule has 0 fully saturated rings. The van der Waals surface area contributed by atoms with Gasteiger partial charge in [-0.1, -0.05) is 44.0 Å². The van der Waals surface area contributed by atoms with Gasteiger partial charge in [-0.3, -0.25) is 4.79 Å². The lowest BCUT2D eigenvalue weighted by Crippen LogP contribution is -2.34. The fourth-order valence-corrected chi connectivity index (χ4v) is 2.73. The number of methoxy groups -OCH3 is 1. The van der Waals surface area contributed by atoms with Crippen LogP contribution in [-0.2, 0) is 16.0 Å². The van der Waals surface area contributed by atoms with Gasteiger partial charge in [0.1, 0.15) is 0 Å². The Bertz CT molecular complexity index is 398. The smallest absolute Gasteiger partial charge is 0.226 e. The average Bonchev–Trinajstić information content (AvgIpc) is 2.29. The van der Waals surface area contributed by atoms with E-state index in [1.54, 1.807) is 12.0 Å². The molecule has 1 aromatic carbocycles. The highest BCUT2D eigenvalue weighted by Crippen LogP contribution is 2.13. The minimum absolute atomic E-state index is 0.105. The Morgan fingerprint density at radius 1 is 1.50 bits per heavy atom. The molecule has 0 saturated carbocycles. The fourth-order valence-electron chi connectivity index (χ4n) is 1.59. The number of hydrogen-bond acceptors (Lipinski definition) is 2. The van der Waals surface area contributed by atoms with Crippen LogP contribution in [0.1, 0.15) is 5.56 Å². The Kier molecular flexibility index (Phi) is 6.89. The maximum Gasteiger partial charge on any atom is 0.226 e. The van der Waals surface area contributed by atoms with Gasteiger partial charge in [0.05, 0.1) is 17.9 Å². The van der Waals surface area contributed by atoms with Gasteiger partial charge in [0, 0.05) is 25.2 Å². The molecule has 0 saturated heterocycles. The number of nitrogens with zero attached hydrogens (tertiary/aromatic N) is 1. The third-order valence-electron chi connectivity index (χ3n) is 2.49. The minimum Gasteiger partial charge on any atom is -0.383 e. The largest absolute Gasteiger partial charge is 0.383 e. The lowest BCUT2D eigenvalue weighted by molar-refractivity contribution is -0.129. The molecule has 0 aliphatic rings. The standard InChI is InChI=1S/C13H17Br2NO2/c1-16(8-12(15)9-18-2)13(17)7-10-4-3-5-11(14)6-10/h3-6,12H,7-9H2,1-2H3. The van der Waals surface area contributed by atoms with Crippen molar-refractivity contribution >= 4 is 37.8 Å². The molecule has 0 aliphatic carbocycles. The van der Waals surface area contributed by atoms with Crippen molar-refractivity contribution < 1.29 is 9.53 Å². The summed E-state index contributed by atoms with van der Waals surface area (Å²) in [7, 11) is 3.46. The van der Waals surface area contributed by atoms with E-state index < -0.39 is 0 Å². The molecule has 0 heterocycles. The molecule has 18 heavy (non-hydrogen) atoms. The number of amides is 1. The Labute approximate surface area is 125 Å². The maximum absolute atomic E-state index is 12.0. The molecular weight excluding hydrogens is 362 g/mol. The van der Waals surface area contributed by atoms with Gasteiger partial charge in [0.2, 0.25) is 5.91 Å². The SMILES string of the molecule is COCC(Br)CN(C)C(=O)Cc1cccc(Br)c1. The van der Waals surface area contributed by atoms with Crippen molar-refractivity contribution in [2.45, 2.75) is 11.2 Å². The van der Waals surface area contributed by atoms with Crippen molar-refractivity contribution in [2.24, 2.45) is 0 Å². The van der Waals surface area contributed by atoms with Crippen molar-refractivity contribution in [1.82, 2.24) is 4.90 Å². The van der Waals surface area contributed by atoms with Crippen molar-refractivity contribution in [3.63, 3.8) is 0 Å². The molecular formula is C13H17Br2NO2. The van der Waals surface area contributed by atoms with Crippen LogP contribution in [0, 0.1) is 0 Å². The Morgan fingerprint density at radius 3 is 2.83 bits per heavy atom. The van der Waals surface area contributed by atoms with E-state index in [0.29, 0.717) is 19.6 Å². The van der Waals surface area contributed by atoms with Crippen LogP contribution in [0.4, 0.5) is 0 Å². The molecule has 1 rings (SSSR count). The maximum atomic E-state index is 12.0. The first-order valence-corrected chi connectivity index (χ1v) is 7.35. The lowest BCUT2D eigenvalue weighted by atomic mass is 10.1. The summed E-state index contributed by atoms with van der Waals surface area (Å²) in [5, 5.41) is 0. The molecule has 1 atom stereocenters. The van der Waals surface area contributed by atoms with Crippen LogP contribution in [-0.4, -0.2) is 42.9 Å². The number of rotatable bonds is 6. The van der Waals surface area contributed by atoms with Crippen LogP contribution < -0.4 is 0 Å². The molecule has 1 aromatic rings. The predicted molar refractivity (Wildman–Crippen MR) is 80.1 cm³/mol. The van der Waals surface area contributed by atoms with Crippen LogP contribution in [0.2, 0.25) is 0 Å². The molecule has 100 valence electrons. The normalized spacial score (nSPS) is 12.2. The average molecular weight is 379 g/mol. The molecule has 0 bridgehead atoms. The van der Waals surface area contributed by atoms with E-state index in [4.69, 9.17) is 4.74 Å². The number of carbonyl (C=O) groups is 1. The molecule has 5 heteroatoms. The van der Waals surface area contributed by atoms with Gasteiger partial charge in [0.25, 0.3) is 0 Å². The van der Waals surface area contributed by atoms with Crippen LogP contribution in [0.15, 0.2) is 28.7 Å². The van der Waals surface area contributed by atoms with E-state index in [1.165, 1.54) is 0 Å². The summed E-state index contributed by atoms with van der Waals surface area (Å²) in [6.07, 6.45) is 0.419. The zero-order chi connectivity index (χ0) is 13.5. The number of halogens is 2. The van der Waals surface area contributed by atoms with E-state index in [0.717, 1.165) is 10.0 Å². The van der Waals surface area contributed by atoms with E-state index in [9.17, 15) is 4.79 Å². The van der Waals surface area contributed by atoms with Gasteiger partial charge < -0.3 is 9.64 Å². The summed E-state index contributed by atoms with van der Waals surface area (Å²) >= 11 is 6.88. The van der Waals surface area contributed by atoms with E-state index in [1.807, 2.05) is 31.3 Å². The summed E-state index contributed by atoms with van der Waals surface area (Å²) in [5.41, 5.74) is 1.01. The topological polar surface area (TPSA) is 29.5 Å². The number of hydrogen-bond donors (Lipinski definition) is 0. The van der Waals surface area contributed by atoms with Gasteiger partial charge in [-0.15, -0.1) is 0 Å². The van der Waals surface area contributed by atoms with Gasteiger partial charge in [-0.05, 0) is 17.7 Å². The van der Waals surface area contributed by atoms with Crippen molar-refractivity contribution in [1.29, 1.82) is 0 Å². The first-order chi connectivity index (χ1) is 8.52.